The van der Waals surface area contributed by atoms with E-state index < -0.39 is 21.1 Å². The number of urea groups is 1. The lowest BCUT2D eigenvalue weighted by Crippen LogP contribution is -2.39. The number of hydrogen-bond acceptors (Lipinski definition) is 4. The van der Waals surface area contributed by atoms with Crippen molar-refractivity contribution in [1.29, 1.82) is 0 Å². The summed E-state index contributed by atoms with van der Waals surface area (Å²) in [7, 11) is -3.73. The van der Waals surface area contributed by atoms with Crippen molar-refractivity contribution in [3.05, 3.63) is 59.4 Å². The summed E-state index contributed by atoms with van der Waals surface area (Å²) in [5.74, 6) is 0. The van der Waals surface area contributed by atoms with Crippen LogP contribution in [0.5, 0.6) is 0 Å². The molecule has 0 spiro atoms. The smallest absolute Gasteiger partial charge is 0.314 e. The van der Waals surface area contributed by atoms with Crippen molar-refractivity contribution < 1.29 is 13.2 Å². The molecule has 0 aliphatic rings. The minimum absolute atomic E-state index is 0.0633. The average molecular weight is 382 g/mol. The highest BCUT2D eigenvalue weighted by Crippen LogP contribution is 2.28. The Balaban J connectivity index is 2.28. The van der Waals surface area contributed by atoms with Crippen molar-refractivity contribution in [2.45, 2.75) is 23.5 Å². The molecular formula is C17H20ClN3O3S. The number of hydrogen-bond donors (Lipinski definition) is 2. The Kier molecular flexibility index (Phi) is 6.78. The van der Waals surface area contributed by atoms with E-state index in [0.29, 0.717) is 17.1 Å². The molecule has 2 rings (SSSR count). The molecule has 0 aliphatic carbocycles. The molecule has 134 valence electrons. The summed E-state index contributed by atoms with van der Waals surface area (Å²) in [6.07, 6.45) is 3.85. The number of nitrogens with zero attached hydrogens (tertiary/aromatic N) is 1. The molecule has 0 saturated carbocycles. The van der Waals surface area contributed by atoms with Crippen LogP contribution in [0.2, 0.25) is 5.02 Å². The average Bonchev–Trinajstić information content (AvgIpc) is 2.61. The third-order valence-electron chi connectivity index (χ3n) is 3.56. The minimum atomic E-state index is -3.73. The number of aromatic nitrogens is 1. The molecule has 2 aromatic rings. The van der Waals surface area contributed by atoms with Gasteiger partial charge in [-0.15, -0.1) is 0 Å². The standard InChI is InChI=1S/C17H20ClN3O3S/c1-2-9-20-17(22)21-12-16(13-4-3-10-19-11-13)25(23,24)15-7-5-14(18)6-8-15/h3-8,10-11,16H,2,9,12H2,1H3,(H2,20,21,22). The van der Waals surface area contributed by atoms with Gasteiger partial charge in [0, 0.05) is 30.5 Å². The molecule has 1 aromatic carbocycles. The van der Waals surface area contributed by atoms with Gasteiger partial charge in [-0.3, -0.25) is 4.98 Å². The molecule has 0 fully saturated rings. The zero-order valence-electron chi connectivity index (χ0n) is 13.8. The van der Waals surface area contributed by atoms with E-state index >= 15 is 0 Å². The highest BCUT2D eigenvalue weighted by atomic mass is 35.5. The van der Waals surface area contributed by atoms with E-state index in [2.05, 4.69) is 15.6 Å². The number of benzene rings is 1. The van der Waals surface area contributed by atoms with Gasteiger partial charge in [0.25, 0.3) is 0 Å². The first-order chi connectivity index (χ1) is 11.9. The SMILES string of the molecule is CCCNC(=O)NCC(c1cccnc1)S(=O)(=O)c1ccc(Cl)cc1. The Bertz CT molecular complexity index is 796. The summed E-state index contributed by atoms with van der Waals surface area (Å²) < 4.78 is 26.1. The Labute approximate surface area is 152 Å². The summed E-state index contributed by atoms with van der Waals surface area (Å²) in [5, 5.41) is 4.78. The van der Waals surface area contributed by atoms with Gasteiger partial charge >= 0.3 is 6.03 Å². The fraction of sp³-hybridized carbons (Fsp3) is 0.294. The summed E-state index contributed by atoms with van der Waals surface area (Å²) >= 11 is 5.84. The number of amides is 2. The number of carbonyl (C=O) groups excluding carboxylic acids is 1. The van der Waals surface area contributed by atoms with Gasteiger partial charge in [-0.2, -0.15) is 0 Å². The second-order valence-electron chi connectivity index (χ2n) is 5.41. The van der Waals surface area contributed by atoms with Crippen molar-refractivity contribution in [2.24, 2.45) is 0 Å². The molecule has 25 heavy (non-hydrogen) atoms. The third kappa shape index (κ3) is 5.17. The Morgan fingerprint density at radius 2 is 1.92 bits per heavy atom. The summed E-state index contributed by atoms with van der Waals surface area (Å²) in [6, 6.07) is 8.90. The Hall–Kier alpha value is -2.12. The molecule has 2 amide bonds. The van der Waals surface area contributed by atoms with Crippen LogP contribution in [0.4, 0.5) is 4.79 Å². The monoisotopic (exact) mass is 381 g/mol. The molecule has 1 atom stereocenters. The summed E-state index contributed by atoms with van der Waals surface area (Å²) in [6.45, 7) is 2.39. The highest BCUT2D eigenvalue weighted by molar-refractivity contribution is 7.91. The van der Waals surface area contributed by atoms with Gasteiger partial charge in [0.05, 0.1) is 4.90 Å². The number of rotatable bonds is 7. The van der Waals surface area contributed by atoms with Crippen LogP contribution in [0, 0.1) is 0 Å². The van der Waals surface area contributed by atoms with E-state index in [1.807, 2.05) is 6.92 Å². The van der Waals surface area contributed by atoms with Crippen molar-refractivity contribution in [3.63, 3.8) is 0 Å². The number of halogens is 1. The maximum atomic E-state index is 13.0. The summed E-state index contributed by atoms with van der Waals surface area (Å²) in [5.41, 5.74) is 0.508. The van der Waals surface area contributed by atoms with Gasteiger partial charge in [0.1, 0.15) is 5.25 Å². The van der Waals surface area contributed by atoms with E-state index in [1.165, 1.54) is 30.5 Å². The van der Waals surface area contributed by atoms with Crippen LogP contribution in [-0.4, -0.2) is 32.5 Å². The molecule has 0 bridgehead atoms. The van der Waals surface area contributed by atoms with E-state index in [4.69, 9.17) is 11.6 Å². The largest absolute Gasteiger partial charge is 0.338 e. The molecule has 6 nitrogen and oxygen atoms in total. The zero-order valence-corrected chi connectivity index (χ0v) is 15.3. The van der Waals surface area contributed by atoms with Gasteiger partial charge < -0.3 is 10.6 Å². The fourth-order valence-electron chi connectivity index (χ4n) is 2.25. The van der Waals surface area contributed by atoms with Crippen molar-refractivity contribution >= 4 is 27.5 Å². The van der Waals surface area contributed by atoms with Gasteiger partial charge in [0.2, 0.25) is 0 Å². The molecule has 0 saturated heterocycles. The van der Waals surface area contributed by atoms with Crippen LogP contribution >= 0.6 is 11.6 Å². The van der Waals surface area contributed by atoms with Crippen molar-refractivity contribution in [3.8, 4) is 0 Å². The predicted octanol–water partition coefficient (Wildman–Crippen LogP) is 2.96. The Morgan fingerprint density at radius 3 is 2.52 bits per heavy atom. The van der Waals surface area contributed by atoms with Gasteiger partial charge in [0.15, 0.2) is 9.84 Å². The Morgan fingerprint density at radius 1 is 1.20 bits per heavy atom. The number of pyridine rings is 1. The molecule has 8 heteroatoms. The van der Waals surface area contributed by atoms with Gasteiger partial charge in [-0.05, 0) is 42.3 Å². The maximum Gasteiger partial charge on any atom is 0.314 e. The van der Waals surface area contributed by atoms with Crippen LogP contribution in [-0.2, 0) is 9.84 Å². The normalized spacial score (nSPS) is 12.4. The highest BCUT2D eigenvalue weighted by Gasteiger charge is 2.29. The molecule has 1 heterocycles. The lowest BCUT2D eigenvalue weighted by molar-refractivity contribution is 0.241. The van der Waals surface area contributed by atoms with Crippen LogP contribution in [0.15, 0.2) is 53.7 Å². The van der Waals surface area contributed by atoms with E-state index in [-0.39, 0.29) is 11.4 Å². The van der Waals surface area contributed by atoms with E-state index in [9.17, 15) is 13.2 Å². The molecule has 1 unspecified atom stereocenters. The van der Waals surface area contributed by atoms with Gasteiger partial charge in [-0.25, -0.2) is 13.2 Å². The van der Waals surface area contributed by atoms with Crippen LogP contribution in [0.3, 0.4) is 0 Å². The number of nitrogens with one attached hydrogen (secondary N) is 2. The third-order valence-corrected chi connectivity index (χ3v) is 5.93. The van der Waals surface area contributed by atoms with E-state index in [0.717, 1.165) is 6.42 Å². The zero-order chi connectivity index (χ0) is 18.3. The molecule has 0 radical (unpaired) electrons. The number of carbonyl (C=O) groups is 1. The second-order valence-corrected chi connectivity index (χ2v) is 7.98. The number of sulfone groups is 1. The maximum absolute atomic E-state index is 13.0. The molecule has 2 N–H and O–H groups in total. The minimum Gasteiger partial charge on any atom is -0.338 e. The fourth-order valence-corrected chi connectivity index (χ4v) is 4.02. The summed E-state index contributed by atoms with van der Waals surface area (Å²) in [4.78, 5) is 15.9. The van der Waals surface area contributed by atoms with Crippen LogP contribution < -0.4 is 10.6 Å². The van der Waals surface area contributed by atoms with E-state index in [1.54, 1.807) is 18.3 Å². The molecular weight excluding hydrogens is 362 g/mol. The van der Waals surface area contributed by atoms with Crippen molar-refractivity contribution in [2.75, 3.05) is 13.1 Å². The molecule has 1 aromatic heterocycles. The lowest BCUT2D eigenvalue weighted by Gasteiger charge is -2.19. The first-order valence-electron chi connectivity index (χ1n) is 7.86. The first-order valence-corrected chi connectivity index (χ1v) is 9.78. The first kappa shape index (κ1) is 19.2. The quantitative estimate of drug-likeness (QED) is 0.771. The lowest BCUT2D eigenvalue weighted by atomic mass is 10.2. The second kappa shape index (κ2) is 8.82. The van der Waals surface area contributed by atoms with Gasteiger partial charge in [-0.1, -0.05) is 24.6 Å². The topological polar surface area (TPSA) is 88.2 Å². The van der Waals surface area contributed by atoms with Crippen LogP contribution in [0.25, 0.3) is 0 Å². The predicted molar refractivity (Wildman–Crippen MR) is 97.3 cm³/mol. The van der Waals surface area contributed by atoms with Crippen molar-refractivity contribution in [1.82, 2.24) is 15.6 Å². The van der Waals surface area contributed by atoms with Crippen LogP contribution in [0.1, 0.15) is 24.2 Å². The molecule has 0 aliphatic heterocycles.